The minimum absolute atomic E-state index is 0.925. The van der Waals surface area contributed by atoms with Crippen LogP contribution >= 0.6 is 11.9 Å². The molecule has 3 heteroatoms. The topological polar surface area (TPSA) is 24.7 Å². The Hall–Kier alpha value is -1.87. The number of aryl methyl sites for hydroxylation is 1. The van der Waals surface area contributed by atoms with E-state index in [-0.39, 0.29) is 0 Å². The van der Waals surface area contributed by atoms with E-state index in [1.54, 1.807) is 0 Å². The zero-order chi connectivity index (χ0) is 12.9. The smallest absolute Gasteiger partial charge is 0.0784 e. The maximum absolute atomic E-state index is 4.56. The van der Waals surface area contributed by atoms with Crippen LogP contribution < -0.4 is 0 Å². The standard InChI is InChI=1S/C16H14N2S/c1-2-6-13(7-3-1)10-11-14-12-17-15-8-4-5-9-16(15)19-18-14/h1-9,12H,10-11H2. The van der Waals surface area contributed by atoms with Crippen molar-refractivity contribution < 1.29 is 0 Å². The van der Waals surface area contributed by atoms with Crippen LogP contribution in [0.1, 0.15) is 12.0 Å². The molecule has 0 unspecified atom stereocenters. The molecule has 0 bridgehead atoms. The molecule has 0 N–H and O–H groups in total. The molecule has 0 atom stereocenters. The molecule has 3 rings (SSSR count). The van der Waals surface area contributed by atoms with Crippen molar-refractivity contribution in [2.75, 3.05) is 0 Å². The number of para-hydroxylation sites is 1. The second-order valence-electron chi connectivity index (χ2n) is 4.39. The summed E-state index contributed by atoms with van der Waals surface area (Å²) >= 11 is 1.52. The van der Waals surface area contributed by atoms with Gasteiger partial charge in [-0.05, 0) is 30.5 Å². The van der Waals surface area contributed by atoms with Crippen molar-refractivity contribution in [3.63, 3.8) is 0 Å². The lowest BCUT2D eigenvalue weighted by Gasteiger charge is -2.00. The van der Waals surface area contributed by atoms with E-state index in [9.17, 15) is 0 Å². The van der Waals surface area contributed by atoms with Crippen LogP contribution in [-0.4, -0.2) is 11.9 Å². The summed E-state index contributed by atoms with van der Waals surface area (Å²) in [6.07, 6.45) is 3.82. The zero-order valence-electron chi connectivity index (χ0n) is 10.5. The molecular formula is C16H14N2S. The monoisotopic (exact) mass is 266 g/mol. The van der Waals surface area contributed by atoms with Crippen molar-refractivity contribution >= 4 is 29.6 Å². The molecule has 0 fully saturated rings. The van der Waals surface area contributed by atoms with E-state index in [1.807, 2.05) is 30.5 Å². The second kappa shape index (κ2) is 5.85. The number of benzene rings is 2. The van der Waals surface area contributed by atoms with Gasteiger partial charge in [-0.2, -0.15) is 0 Å². The third kappa shape index (κ3) is 3.12. The van der Waals surface area contributed by atoms with Gasteiger partial charge in [0.1, 0.15) is 0 Å². The van der Waals surface area contributed by atoms with Crippen LogP contribution in [0, 0.1) is 0 Å². The number of aliphatic imine (C=N–C) groups is 1. The highest BCUT2D eigenvalue weighted by atomic mass is 32.2. The second-order valence-corrected chi connectivity index (χ2v) is 5.19. The van der Waals surface area contributed by atoms with Gasteiger partial charge in [-0.15, -0.1) is 0 Å². The summed E-state index contributed by atoms with van der Waals surface area (Å²) in [5.41, 5.74) is 3.39. The molecule has 0 saturated carbocycles. The summed E-state index contributed by atoms with van der Waals surface area (Å²) in [6.45, 7) is 0. The fourth-order valence-electron chi connectivity index (χ4n) is 1.94. The Morgan fingerprint density at radius 1 is 0.842 bits per heavy atom. The van der Waals surface area contributed by atoms with E-state index in [0.29, 0.717) is 0 Å². The molecule has 0 aromatic heterocycles. The molecule has 1 aliphatic heterocycles. The van der Waals surface area contributed by atoms with Crippen LogP contribution in [0.5, 0.6) is 0 Å². The molecule has 1 heterocycles. The van der Waals surface area contributed by atoms with Gasteiger partial charge in [-0.1, -0.05) is 42.5 Å². The van der Waals surface area contributed by atoms with E-state index in [1.165, 1.54) is 17.5 Å². The molecule has 94 valence electrons. The molecule has 0 aliphatic carbocycles. The van der Waals surface area contributed by atoms with Gasteiger partial charge in [0, 0.05) is 18.2 Å². The quantitative estimate of drug-likeness (QED) is 0.751. The maximum Gasteiger partial charge on any atom is 0.0784 e. The lowest BCUT2D eigenvalue weighted by molar-refractivity contribution is 1.05. The first kappa shape index (κ1) is 12.2. The summed E-state index contributed by atoms with van der Waals surface area (Å²) < 4.78 is 4.56. The van der Waals surface area contributed by atoms with Gasteiger partial charge in [0.05, 0.1) is 16.3 Å². The maximum atomic E-state index is 4.56. The number of hydrogen-bond acceptors (Lipinski definition) is 3. The third-order valence-electron chi connectivity index (χ3n) is 2.99. The largest absolute Gasteiger partial charge is 0.254 e. The molecule has 0 radical (unpaired) electrons. The predicted molar refractivity (Wildman–Crippen MR) is 82.6 cm³/mol. The average molecular weight is 266 g/mol. The SMILES string of the molecule is C1=Nc2ccccc2SN=C1CCc1ccccc1. The molecule has 19 heavy (non-hydrogen) atoms. The van der Waals surface area contributed by atoms with Gasteiger partial charge in [0.25, 0.3) is 0 Å². The van der Waals surface area contributed by atoms with Crippen LogP contribution in [0.25, 0.3) is 0 Å². The summed E-state index contributed by atoms with van der Waals surface area (Å²) in [4.78, 5) is 5.62. The highest BCUT2D eigenvalue weighted by Crippen LogP contribution is 2.31. The lowest BCUT2D eigenvalue weighted by Crippen LogP contribution is -2.00. The first-order valence-corrected chi connectivity index (χ1v) is 7.10. The van der Waals surface area contributed by atoms with Crippen LogP contribution in [-0.2, 0) is 6.42 Å². The first-order chi connectivity index (χ1) is 9.42. The zero-order valence-corrected chi connectivity index (χ0v) is 11.3. The summed E-state index contributed by atoms with van der Waals surface area (Å²) in [5, 5.41) is 0. The van der Waals surface area contributed by atoms with E-state index in [0.717, 1.165) is 29.1 Å². The predicted octanol–water partition coefficient (Wildman–Crippen LogP) is 4.48. The van der Waals surface area contributed by atoms with Gasteiger partial charge in [0.2, 0.25) is 0 Å². The molecule has 2 aromatic rings. The van der Waals surface area contributed by atoms with Gasteiger partial charge in [-0.25, -0.2) is 4.40 Å². The fraction of sp³-hybridized carbons (Fsp3) is 0.125. The molecule has 0 saturated heterocycles. The Bertz CT molecular complexity index is 618. The minimum Gasteiger partial charge on any atom is -0.254 e. The van der Waals surface area contributed by atoms with Crippen molar-refractivity contribution in [1.82, 2.24) is 0 Å². The van der Waals surface area contributed by atoms with E-state index in [4.69, 9.17) is 0 Å². The molecule has 2 nitrogen and oxygen atoms in total. The Balaban J connectivity index is 1.69. The molecular weight excluding hydrogens is 252 g/mol. The Labute approximate surface area is 117 Å². The molecule has 2 aromatic carbocycles. The van der Waals surface area contributed by atoms with E-state index < -0.39 is 0 Å². The van der Waals surface area contributed by atoms with Crippen molar-refractivity contribution in [3.8, 4) is 0 Å². The summed E-state index contributed by atoms with van der Waals surface area (Å²) in [6, 6.07) is 18.6. The first-order valence-electron chi connectivity index (χ1n) is 6.33. The van der Waals surface area contributed by atoms with Crippen molar-refractivity contribution in [2.24, 2.45) is 9.39 Å². The van der Waals surface area contributed by atoms with Crippen molar-refractivity contribution in [3.05, 3.63) is 60.2 Å². The highest BCUT2D eigenvalue weighted by molar-refractivity contribution is 7.98. The van der Waals surface area contributed by atoms with E-state index >= 15 is 0 Å². The summed E-state index contributed by atoms with van der Waals surface area (Å²) in [7, 11) is 0. The van der Waals surface area contributed by atoms with Gasteiger partial charge in [-0.3, -0.25) is 4.99 Å². The Kier molecular flexibility index (Phi) is 3.75. The minimum atomic E-state index is 0.925. The molecule has 0 spiro atoms. The molecule has 0 amide bonds. The lowest BCUT2D eigenvalue weighted by atomic mass is 10.1. The summed E-state index contributed by atoms with van der Waals surface area (Å²) in [5.74, 6) is 0. The number of hydrogen-bond donors (Lipinski definition) is 0. The van der Waals surface area contributed by atoms with Crippen molar-refractivity contribution in [2.45, 2.75) is 17.7 Å². The van der Waals surface area contributed by atoms with Crippen molar-refractivity contribution in [1.29, 1.82) is 0 Å². The normalized spacial score (nSPS) is 13.6. The fourth-order valence-corrected chi connectivity index (χ4v) is 2.65. The van der Waals surface area contributed by atoms with Gasteiger partial charge in [0.15, 0.2) is 0 Å². The van der Waals surface area contributed by atoms with Crippen LogP contribution in [0.3, 0.4) is 0 Å². The number of fused-ring (bicyclic) bond motifs is 1. The third-order valence-corrected chi connectivity index (χ3v) is 3.86. The average Bonchev–Trinajstić information content (AvgIpc) is 2.69. The van der Waals surface area contributed by atoms with Gasteiger partial charge >= 0.3 is 0 Å². The Morgan fingerprint density at radius 3 is 2.53 bits per heavy atom. The highest BCUT2D eigenvalue weighted by Gasteiger charge is 2.06. The van der Waals surface area contributed by atoms with Gasteiger partial charge < -0.3 is 0 Å². The Morgan fingerprint density at radius 2 is 1.63 bits per heavy atom. The van der Waals surface area contributed by atoms with Crippen LogP contribution in [0.15, 0.2) is 68.9 Å². The van der Waals surface area contributed by atoms with Crippen LogP contribution in [0.2, 0.25) is 0 Å². The van der Waals surface area contributed by atoms with E-state index in [2.05, 4.69) is 39.7 Å². The molecule has 1 aliphatic rings. The van der Waals surface area contributed by atoms with Crippen LogP contribution in [0.4, 0.5) is 5.69 Å². The number of nitrogens with zero attached hydrogens (tertiary/aromatic N) is 2. The number of rotatable bonds is 3.